The first-order valence-electron chi connectivity index (χ1n) is 9.06. The van der Waals surface area contributed by atoms with Gasteiger partial charge in [-0.1, -0.05) is 30.4 Å². The van der Waals surface area contributed by atoms with E-state index in [1.807, 2.05) is 36.4 Å². The summed E-state index contributed by atoms with van der Waals surface area (Å²) in [6, 6.07) is 10.0. The zero-order valence-electron chi connectivity index (χ0n) is 15.0. The Morgan fingerprint density at radius 1 is 1.11 bits per heavy atom. The van der Waals surface area contributed by atoms with E-state index < -0.39 is 17.7 Å². The molecule has 2 N–H and O–H groups in total. The van der Waals surface area contributed by atoms with E-state index in [1.54, 1.807) is 17.4 Å². The Labute approximate surface area is 165 Å². The predicted octanol–water partition coefficient (Wildman–Crippen LogP) is 5.11. The molecule has 28 heavy (non-hydrogen) atoms. The van der Waals surface area contributed by atoms with Crippen LogP contribution in [0.25, 0.3) is 15.7 Å². The number of amides is 1. The molecule has 1 aromatic carbocycles. The Bertz CT molecular complexity index is 1070. The van der Waals surface area contributed by atoms with E-state index in [4.69, 9.17) is 0 Å². The van der Waals surface area contributed by atoms with Gasteiger partial charge in [-0.25, -0.2) is 9.18 Å². The number of hydrogen-bond donors (Lipinski definition) is 2. The highest BCUT2D eigenvalue weighted by molar-refractivity contribution is 7.20. The van der Waals surface area contributed by atoms with Gasteiger partial charge in [0.15, 0.2) is 0 Å². The summed E-state index contributed by atoms with van der Waals surface area (Å²) >= 11 is 1.59. The Morgan fingerprint density at radius 3 is 2.68 bits per heavy atom. The molecular weight excluding hydrogens is 377 g/mol. The summed E-state index contributed by atoms with van der Waals surface area (Å²) in [5.74, 6) is -2.15. The molecule has 0 unspecified atom stereocenters. The molecule has 1 amide bonds. The average Bonchev–Trinajstić information content (AvgIpc) is 3.29. The largest absolute Gasteiger partial charge is 0.478 e. The molecule has 0 saturated carbocycles. The van der Waals surface area contributed by atoms with Crippen molar-refractivity contribution in [3.05, 3.63) is 76.1 Å². The highest BCUT2D eigenvalue weighted by atomic mass is 32.1. The standard InChI is InChI=1S/C22H18FNO3S/c23-17-11-13(20-12-14-5-1-2-10-19(14)28-20)6-3-9-18(17)24-21(25)15-7-4-8-16(15)22(26)27/h1-2,5-6,9-12H,3-4,7-8H2,(H,24,25)(H,26,27). The third-order valence-electron chi connectivity index (χ3n) is 4.91. The molecule has 0 fully saturated rings. The molecule has 142 valence electrons. The fourth-order valence-corrected chi connectivity index (χ4v) is 4.58. The normalized spacial score (nSPS) is 17.1. The van der Waals surface area contributed by atoms with Crippen molar-refractivity contribution >= 4 is 38.9 Å². The first-order valence-corrected chi connectivity index (χ1v) is 9.88. The molecule has 1 heterocycles. The topological polar surface area (TPSA) is 66.4 Å². The first kappa shape index (κ1) is 18.4. The first-order chi connectivity index (χ1) is 13.5. The second-order valence-electron chi connectivity index (χ2n) is 6.72. The molecule has 4 rings (SSSR count). The average molecular weight is 395 g/mol. The molecule has 0 atom stereocenters. The summed E-state index contributed by atoms with van der Waals surface area (Å²) in [7, 11) is 0. The molecule has 2 aromatic rings. The molecule has 0 saturated heterocycles. The Hall–Kier alpha value is -2.99. The van der Waals surface area contributed by atoms with Crippen molar-refractivity contribution in [3.8, 4) is 0 Å². The lowest BCUT2D eigenvalue weighted by Gasteiger charge is -2.09. The van der Waals surface area contributed by atoms with Gasteiger partial charge in [0.25, 0.3) is 5.91 Å². The van der Waals surface area contributed by atoms with Crippen LogP contribution in [0.5, 0.6) is 0 Å². The smallest absolute Gasteiger partial charge is 0.332 e. The third-order valence-corrected chi connectivity index (χ3v) is 6.07. The quantitative estimate of drug-likeness (QED) is 0.756. The van der Waals surface area contributed by atoms with E-state index >= 15 is 0 Å². The van der Waals surface area contributed by atoms with E-state index in [2.05, 4.69) is 5.32 Å². The summed E-state index contributed by atoms with van der Waals surface area (Å²) in [6.45, 7) is 0. The van der Waals surface area contributed by atoms with Gasteiger partial charge in [0.2, 0.25) is 0 Å². The molecule has 2 aliphatic rings. The number of carbonyl (C=O) groups is 2. The van der Waals surface area contributed by atoms with Crippen LogP contribution in [0.1, 0.15) is 30.6 Å². The number of thiophene rings is 1. The fourth-order valence-electron chi connectivity index (χ4n) is 3.51. The maximum atomic E-state index is 14.8. The molecule has 0 aliphatic heterocycles. The van der Waals surface area contributed by atoms with Crippen LogP contribution in [0.4, 0.5) is 4.39 Å². The number of nitrogens with one attached hydrogen (secondary N) is 1. The van der Waals surface area contributed by atoms with Gasteiger partial charge < -0.3 is 10.4 Å². The maximum absolute atomic E-state index is 14.8. The van der Waals surface area contributed by atoms with Crippen LogP contribution >= 0.6 is 11.3 Å². The van der Waals surface area contributed by atoms with Crippen molar-refractivity contribution in [1.82, 2.24) is 5.32 Å². The van der Waals surface area contributed by atoms with Crippen LogP contribution in [-0.4, -0.2) is 17.0 Å². The molecular formula is C22H18FNO3S. The maximum Gasteiger partial charge on any atom is 0.332 e. The molecule has 0 radical (unpaired) electrons. The summed E-state index contributed by atoms with van der Waals surface area (Å²) in [6.07, 6.45) is 6.81. The Kier molecular flexibility index (Phi) is 4.96. The van der Waals surface area contributed by atoms with E-state index in [0.29, 0.717) is 25.7 Å². The van der Waals surface area contributed by atoms with Crippen LogP contribution < -0.4 is 5.32 Å². The number of allylic oxidation sites excluding steroid dienone is 5. The van der Waals surface area contributed by atoms with Crippen LogP contribution in [0, 0.1) is 0 Å². The van der Waals surface area contributed by atoms with Crippen LogP contribution in [-0.2, 0) is 9.59 Å². The van der Waals surface area contributed by atoms with E-state index in [1.165, 1.54) is 6.08 Å². The Balaban J connectivity index is 1.56. The van der Waals surface area contributed by atoms with Gasteiger partial charge in [-0.2, -0.15) is 0 Å². The van der Waals surface area contributed by atoms with Crippen molar-refractivity contribution < 1.29 is 19.1 Å². The third kappa shape index (κ3) is 3.55. The zero-order chi connectivity index (χ0) is 19.7. The second kappa shape index (κ2) is 7.56. The molecule has 4 nitrogen and oxygen atoms in total. The van der Waals surface area contributed by atoms with Crippen molar-refractivity contribution in [2.45, 2.75) is 25.7 Å². The summed E-state index contributed by atoms with van der Waals surface area (Å²) < 4.78 is 15.9. The number of carboxylic acid groups (broad SMARTS) is 1. The highest BCUT2D eigenvalue weighted by Gasteiger charge is 2.26. The van der Waals surface area contributed by atoms with Gasteiger partial charge in [0, 0.05) is 20.7 Å². The summed E-state index contributed by atoms with van der Waals surface area (Å²) in [4.78, 5) is 24.7. The summed E-state index contributed by atoms with van der Waals surface area (Å²) in [5, 5.41) is 12.9. The number of carbonyl (C=O) groups excluding carboxylic acids is 1. The van der Waals surface area contributed by atoms with Crippen molar-refractivity contribution in [1.29, 1.82) is 0 Å². The minimum Gasteiger partial charge on any atom is -0.478 e. The van der Waals surface area contributed by atoms with Crippen LogP contribution in [0.15, 0.2) is 71.2 Å². The van der Waals surface area contributed by atoms with Gasteiger partial charge >= 0.3 is 5.97 Å². The predicted molar refractivity (Wildman–Crippen MR) is 108 cm³/mol. The van der Waals surface area contributed by atoms with Gasteiger partial charge in [-0.15, -0.1) is 11.3 Å². The van der Waals surface area contributed by atoms with Crippen LogP contribution in [0.2, 0.25) is 0 Å². The molecule has 0 bridgehead atoms. The highest BCUT2D eigenvalue weighted by Crippen LogP contribution is 2.34. The minimum absolute atomic E-state index is 0.0847. The van der Waals surface area contributed by atoms with Gasteiger partial charge in [-0.3, -0.25) is 4.79 Å². The number of benzene rings is 1. The number of carboxylic acids is 1. The number of fused-ring (bicyclic) bond motifs is 1. The number of hydrogen-bond acceptors (Lipinski definition) is 3. The van der Waals surface area contributed by atoms with E-state index in [9.17, 15) is 19.1 Å². The SMILES string of the molecule is O=C(O)C1=C(C(=O)NC2=CCC=C(c3cc4ccccc4s3)C=C2F)CCC1. The number of aliphatic carboxylic acids is 1. The van der Waals surface area contributed by atoms with E-state index in [0.717, 1.165) is 20.5 Å². The number of rotatable bonds is 4. The second-order valence-corrected chi connectivity index (χ2v) is 7.81. The fraction of sp³-hybridized carbons (Fsp3) is 0.182. The molecule has 1 aromatic heterocycles. The zero-order valence-corrected chi connectivity index (χ0v) is 15.8. The van der Waals surface area contributed by atoms with Gasteiger partial charge in [0.05, 0.1) is 5.70 Å². The lowest BCUT2D eigenvalue weighted by Crippen LogP contribution is -2.25. The lowest BCUT2D eigenvalue weighted by atomic mass is 10.1. The van der Waals surface area contributed by atoms with Crippen molar-refractivity contribution in [3.63, 3.8) is 0 Å². The van der Waals surface area contributed by atoms with Gasteiger partial charge in [0.1, 0.15) is 5.83 Å². The van der Waals surface area contributed by atoms with E-state index in [-0.39, 0.29) is 16.8 Å². The minimum atomic E-state index is -1.08. The molecule has 2 aliphatic carbocycles. The van der Waals surface area contributed by atoms with Crippen LogP contribution in [0.3, 0.4) is 0 Å². The molecule has 0 spiro atoms. The number of halogens is 1. The lowest BCUT2D eigenvalue weighted by molar-refractivity contribution is -0.133. The van der Waals surface area contributed by atoms with Gasteiger partial charge in [-0.05, 0) is 54.9 Å². The van der Waals surface area contributed by atoms with Crippen molar-refractivity contribution in [2.24, 2.45) is 0 Å². The monoisotopic (exact) mass is 395 g/mol. The van der Waals surface area contributed by atoms with Crippen molar-refractivity contribution in [2.75, 3.05) is 0 Å². The summed E-state index contributed by atoms with van der Waals surface area (Å²) in [5.41, 5.74) is 1.22. The molecule has 6 heteroatoms. The Morgan fingerprint density at radius 2 is 1.89 bits per heavy atom.